The summed E-state index contributed by atoms with van der Waals surface area (Å²) in [5.74, 6) is 0. The molecule has 4 heteroatoms. The van der Waals surface area contributed by atoms with Gasteiger partial charge in [0.05, 0.1) is 0 Å². The third kappa shape index (κ3) is 10.4. The predicted octanol–water partition coefficient (Wildman–Crippen LogP) is 3.07. The fourth-order valence-electron chi connectivity index (χ4n) is 1.31. The minimum Gasteiger partial charge on any atom is -0.444 e. The van der Waals surface area contributed by atoms with E-state index in [1.54, 1.807) is 0 Å². The van der Waals surface area contributed by atoms with Gasteiger partial charge in [-0.2, -0.15) is 0 Å². The molecule has 0 atom stereocenters. The number of unbranched alkanes of at least 4 members (excludes halogenated alkanes) is 1. The highest BCUT2D eigenvalue weighted by molar-refractivity contribution is 5.67. The summed E-state index contributed by atoms with van der Waals surface area (Å²) in [6.07, 6.45) is 2.80. The fourth-order valence-corrected chi connectivity index (χ4v) is 1.31. The summed E-state index contributed by atoms with van der Waals surface area (Å²) in [7, 11) is 0. The van der Waals surface area contributed by atoms with Crippen molar-refractivity contribution in [2.75, 3.05) is 13.1 Å². The van der Waals surface area contributed by atoms with E-state index in [0.717, 1.165) is 25.8 Å². The molecule has 0 saturated carbocycles. The average Bonchev–Trinajstić information content (AvgIpc) is 2.20. The Labute approximate surface area is 112 Å². The summed E-state index contributed by atoms with van der Waals surface area (Å²) in [6, 6.07) is 0. The second kappa shape index (κ2) is 7.62. The van der Waals surface area contributed by atoms with Gasteiger partial charge in [-0.1, -0.05) is 6.92 Å². The lowest BCUT2D eigenvalue weighted by Gasteiger charge is -2.24. The largest absolute Gasteiger partial charge is 0.444 e. The van der Waals surface area contributed by atoms with Crippen LogP contribution in [0.4, 0.5) is 4.79 Å². The van der Waals surface area contributed by atoms with Crippen LogP contribution in [-0.2, 0) is 4.74 Å². The molecule has 108 valence electrons. The highest BCUT2D eigenvalue weighted by Crippen LogP contribution is 2.07. The first-order valence-electron chi connectivity index (χ1n) is 6.88. The summed E-state index contributed by atoms with van der Waals surface area (Å²) >= 11 is 0. The maximum absolute atomic E-state index is 11.3. The Balaban J connectivity index is 3.49. The van der Waals surface area contributed by atoms with Gasteiger partial charge in [-0.25, -0.2) is 4.79 Å². The van der Waals surface area contributed by atoms with E-state index in [-0.39, 0.29) is 11.6 Å². The molecule has 1 amide bonds. The molecule has 0 fully saturated rings. The van der Waals surface area contributed by atoms with Gasteiger partial charge in [-0.3, -0.25) is 0 Å². The average molecular weight is 258 g/mol. The number of carbonyl (C=O) groups excluding carboxylic acids is 1. The second-order valence-electron chi connectivity index (χ2n) is 6.30. The molecule has 18 heavy (non-hydrogen) atoms. The van der Waals surface area contributed by atoms with E-state index in [1.165, 1.54) is 0 Å². The van der Waals surface area contributed by atoms with Gasteiger partial charge in [-0.15, -0.1) is 0 Å². The summed E-state index contributed by atoms with van der Waals surface area (Å²) < 4.78 is 5.15. The van der Waals surface area contributed by atoms with Gasteiger partial charge >= 0.3 is 6.09 Å². The number of hydrogen-bond acceptors (Lipinski definition) is 3. The van der Waals surface area contributed by atoms with E-state index in [2.05, 4.69) is 31.4 Å². The number of rotatable bonds is 7. The fraction of sp³-hybridized carbons (Fsp3) is 0.929. The van der Waals surface area contributed by atoms with E-state index in [9.17, 15) is 4.79 Å². The van der Waals surface area contributed by atoms with Crippen LogP contribution in [-0.4, -0.2) is 30.3 Å². The molecule has 4 nitrogen and oxygen atoms in total. The molecule has 0 aromatic heterocycles. The van der Waals surface area contributed by atoms with Gasteiger partial charge in [0, 0.05) is 12.1 Å². The standard InChI is InChI=1S/C14H30N2O2/c1-7-14(5,6)16-11-9-8-10-15-12(17)18-13(2,3)4/h16H,7-11H2,1-6H3,(H,15,17). The number of hydrogen-bond donors (Lipinski definition) is 2. The van der Waals surface area contributed by atoms with Gasteiger partial charge in [0.25, 0.3) is 0 Å². The van der Waals surface area contributed by atoms with Crippen LogP contribution in [0.1, 0.15) is 60.8 Å². The molecule has 0 saturated heterocycles. The van der Waals surface area contributed by atoms with Gasteiger partial charge in [-0.05, 0) is 60.4 Å². The van der Waals surface area contributed by atoms with E-state index in [0.29, 0.717) is 6.54 Å². The molecule has 0 spiro atoms. The first-order valence-corrected chi connectivity index (χ1v) is 6.88. The van der Waals surface area contributed by atoms with E-state index < -0.39 is 5.60 Å². The van der Waals surface area contributed by atoms with Crippen LogP contribution in [0.2, 0.25) is 0 Å². The van der Waals surface area contributed by atoms with Gasteiger partial charge in [0.15, 0.2) is 0 Å². The third-order valence-corrected chi connectivity index (χ3v) is 2.76. The maximum atomic E-state index is 11.3. The van der Waals surface area contributed by atoms with Crippen LogP contribution in [0.25, 0.3) is 0 Å². The van der Waals surface area contributed by atoms with Crippen molar-refractivity contribution in [1.29, 1.82) is 0 Å². The Kier molecular flexibility index (Phi) is 7.29. The van der Waals surface area contributed by atoms with Crippen molar-refractivity contribution in [2.24, 2.45) is 0 Å². The zero-order valence-corrected chi connectivity index (χ0v) is 12.9. The highest BCUT2D eigenvalue weighted by atomic mass is 16.6. The SMILES string of the molecule is CCC(C)(C)NCCCCNC(=O)OC(C)(C)C. The zero-order chi connectivity index (χ0) is 14.2. The molecule has 0 aromatic rings. The Bertz CT molecular complexity index is 245. The number of ether oxygens (including phenoxy) is 1. The normalized spacial score (nSPS) is 12.3. The van der Waals surface area contributed by atoms with Crippen molar-refractivity contribution in [1.82, 2.24) is 10.6 Å². The molecule has 0 aliphatic rings. The molecule has 0 unspecified atom stereocenters. The molecule has 0 aromatic carbocycles. The van der Waals surface area contributed by atoms with Crippen LogP contribution in [0.15, 0.2) is 0 Å². The third-order valence-electron chi connectivity index (χ3n) is 2.76. The maximum Gasteiger partial charge on any atom is 0.407 e. The van der Waals surface area contributed by atoms with Crippen molar-refractivity contribution < 1.29 is 9.53 Å². The van der Waals surface area contributed by atoms with Crippen molar-refractivity contribution >= 4 is 6.09 Å². The molecular formula is C14H30N2O2. The lowest BCUT2D eigenvalue weighted by Crippen LogP contribution is -2.39. The van der Waals surface area contributed by atoms with Gasteiger partial charge < -0.3 is 15.4 Å². The number of alkyl carbamates (subject to hydrolysis) is 1. The summed E-state index contributed by atoms with van der Waals surface area (Å²) in [6.45, 7) is 13.8. The Morgan fingerprint density at radius 3 is 2.11 bits per heavy atom. The topological polar surface area (TPSA) is 50.4 Å². The molecule has 0 rings (SSSR count). The summed E-state index contributed by atoms with van der Waals surface area (Å²) in [4.78, 5) is 11.3. The smallest absolute Gasteiger partial charge is 0.407 e. The second-order valence-corrected chi connectivity index (χ2v) is 6.30. The van der Waals surface area contributed by atoms with Crippen molar-refractivity contribution in [3.05, 3.63) is 0 Å². The molecule has 0 aliphatic carbocycles. The van der Waals surface area contributed by atoms with Crippen molar-refractivity contribution in [3.63, 3.8) is 0 Å². The molecule has 2 N–H and O–H groups in total. The quantitative estimate of drug-likeness (QED) is 0.690. The predicted molar refractivity (Wildman–Crippen MR) is 75.8 cm³/mol. The van der Waals surface area contributed by atoms with E-state index >= 15 is 0 Å². The number of carbonyl (C=O) groups is 1. The molecule has 0 aliphatic heterocycles. The lowest BCUT2D eigenvalue weighted by atomic mass is 10.0. The molecule has 0 bridgehead atoms. The minimum atomic E-state index is -0.420. The van der Waals surface area contributed by atoms with Gasteiger partial charge in [0.1, 0.15) is 5.60 Å². The zero-order valence-electron chi connectivity index (χ0n) is 12.9. The van der Waals surface area contributed by atoms with E-state index in [1.807, 2.05) is 20.8 Å². The number of nitrogens with one attached hydrogen (secondary N) is 2. The monoisotopic (exact) mass is 258 g/mol. The summed E-state index contributed by atoms with van der Waals surface area (Å²) in [5, 5.41) is 6.25. The molecule has 0 radical (unpaired) electrons. The minimum absolute atomic E-state index is 0.207. The van der Waals surface area contributed by atoms with Crippen LogP contribution < -0.4 is 10.6 Å². The lowest BCUT2D eigenvalue weighted by molar-refractivity contribution is 0.0527. The first-order chi connectivity index (χ1) is 8.16. The Morgan fingerprint density at radius 1 is 1.06 bits per heavy atom. The van der Waals surface area contributed by atoms with Crippen LogP contribution in [0.3, 0.4) is 0 Å². The first kappa shape index (κ1) is 17.2. The van der Waals surface area contributed by atoms with Gasteiger partial charge in [0.2, 0.25) is 0 Å². The van der Waals surface area contributed by atoms with Crippen molar-refractivity contribution in [2.45, 2.75) is 71.9 Å². The number of amides is 1. The van der Waals surface area contributed by atoms with E-state index in [4.69, 9.17) is 4.74 Å². The molecular weight excluding hydrogens is 228 g/mol. The Morgan fingerprint density at radius 2 is 1.61 bits per heavy atom. The van der Waals surface area contributed by atoms with Crippen LogP contribution in [0.5, 0.6) is 0 Å². The molecule has 0 heterocycles. The highest BCUT2D eigenvalue weighted by Gasteiger charge is 2.15. The van der Waals surface area contributed by atoms with Crippen molar-refractivity contribution in [3.8, 4) is 0 Å². The van der Waals surface area contributed by atoms with Crippen LogP contribution >= 0.6 is 0 Å². The van der Waals surface area contributed by atoms with Crippen LogP contribution in [0, 0.1) is 0 Å². The Hall–Kier alpha value is -0.770. The summed E-state index contributed by atoms with van der Waals surface area (Å²) in [5.41, 5.74) is -0.213.